The number of anilines is 1. The lowest BCUT2D eigenvalue weighted by Crippen LogP contribution is -2.58. The second kappa shape index (κ2) is 9.98. The Morgan fingerprint density at radius 2 is 1.62 bits per heavy atom. The van der Waals surface area contributed by atoms with Crippen LogP contribution in [0, 0.1) is 11.8 Å². The van der Waals surface area contributed by atoms with Crippen LogP contribution in [0.4, 0.5) is 5.95 Å². The molecule has 6 nitrogen and oxygen atoms in total. The minimum Gasteiger partial charge on any atom is -0.332 e. The molecule has 3 rings (SSSR count). The van der Waals surface area contributed by atoms with E-state index in [9.17, 15) is 4.79 Å². The van der Waals surface area contributed by atoms with Crippen molar-refractivity contribution in [1.29, 1.82) is 0 Å². The first kappa shape index (κ1) is 22.2. The number of hydrogen-bond donors (Lipinski definition) is 0. The summed E-state index contributed by atoms with van der Waals surface area (Å²) in [7, 11) is 2.21. The maximum Gasteiger partial charge on any atom is 0.225 e. The number of rotatable bonds is 7. The molecule has 3 heterocycles. The summed E-state index contributed by atoms with van der Waals surface area (Å²) in [6.45, 7) is 13.5. The third-order valence-corrected chi connectivity index (χ3v) is 6.66. The van der Waals surface area contributed by atoms with E-state index in [0.717, 1.165) is 69.9 Å². The van der Waals surface area contributed by atoms with E-state index in [1.54, 1.807) is 0 Å². The molecule has 2 unspecified atom stereocenters. The lowest BCUT2D eigenvalue weighted by atomic mass is 9.87. The summed E-state index contributed by atoms with van der Waals surface area (Å²) in [4.78, 5) is 29.1. The van der Waals surface area contributed by atoms with Crippen LogP contribution in [-0.2, 0) is 11.3 Å². The monoisotopic (exact) mass is 401 g/mol. The quantitative estimate of drug-likeness (QED) is 0.699. The van der Waals surface area contributed by atoms with Gasteiger partial charge in [-0.1, -0.05) is 27.7 Å². The van der Waals surface area contributed by atoms with Gasteiger partial charge in [0, 0.05) is 61.5 Å². The SMILES string of the molecule is CCC1CN(C)CC(CC)N1c1ncc(CN2CCC(C(=O)C(C)C)CC2)cn1. The lowest BCUT2D eigenvalue weighted by Gasteiger charge is -2.45. The van der Waals surface area contributed by atoms with Crippen LogP contribution in [-0.4, -0.2) is 70.9 Å². The van der Waals surface area contributed by atoms with Crippen LogP contribution < -0.4 is 4.90 Å². The van der Waals surface area contributed by atoms with Crippen molar-refractivity contribution in [3.63, 3.8) is 0 Å². The number of likely N-dealkylation sites (tertiary alicyclic amines) is 1. The Morgan fingerprint density at radius 1 is 1.07 bits per heavy atom. The number of Topliss-reactive ketones (excluding diaryl/α,β-unsaturated/α-hetero) is 1. The average Bonchev–Trinajstić information content (AvgIpc) is 2.73. The van der Waals surface area contributed by atoms with Crippen molar-refractivity contribution in [2.45, 2.75) is 72.0 Å². The molecule has 2 saturated heterocycles. The number of piperidine rings is 1. The molecule has 0 saturated carbocycles. The average molecular weight is 402 g/mol. The van der Waals surface area contributed by atoms with E-state index in [-0.39, 0.29) is 11.8 Å². The van der Waals surface area contributed by atoms with Crippen LogP contribution in [0.2, 0.25) is 0 Å². The molecule has 2 aliphatic heterocycles. The number of likely N-dealkylation sites (N-methyl/N-ethyl adjacent to an activating group) is 1. The first-order valence-electron chi connectivity index (χ1n) is 11.5. The fraction of sp³-hybridized carbons (Fsp3) is 0.783. The van der Waals surface area contributed by atoms with Gasteiger partial charge in [0.25, 0.3) is 0 Å². The Balaban J connectivity index is 1.60. The molecule has 0 spiro atoms. The number of carbonyl (C=O) groups excluding carboxylic acids is 1. The van der Waals surface area contributed by atoms with E-state index in [1.165, 1.54) is 0 Å². The fourth-order valence-corrected chi connectivity index (χ4v) is 4.91. The van der Waals surface area contributed by atoms with Crippen molar-refractivity contribution < 1.29 is 4.79 Å². The number of carbonyl (C=O) groups is 1. The molecule has 0 amide bonds. The molecule has 6 heteroatoms. The van der Waals surface area contributed by atoms with Gasteiger partial charge in [-0.15, -0.1) is 0 Å². The number of hydrogen-bond acceptors (Lipinski definition) is 6. The van der Waals surface area contributed by atoms with Gasteiger partial charge in [0.2, 0.25) is 5.95 Å². The molecule has 0 N–H and O–H groups in total. The zero-order chi connectivity index (χ0) is 21.0. The van der Waals surface area contributed by atoms with Crippen LogP contribution in [0.3, 0.4) is 0 Å². The van der Waals surface area contributed by atoms with Crippen LogP contribution in [0.15, 0.2) is 12.4 Å². The smallest absolute Gasteiger partial charge is 0.225 e. The highest BCUT2D eigenvalue weighted by molar-refractivity contribution is 5.82. The van der Waals surface area contributed by atoms with Crippen molar-refractivity contribution in [1.82, 2.24) is 19.8 Å². The van der Waals surface area contributed by atoms with Crippen molar-refractivity contribution in [2.75, 3.05) is 38.1 Å². The summed E-state index contributed by atoms with van der Waals surface area (Å²) >= 11 is 0. The number of nitrogens with zero attached hydrogens (tertiary/aromatic N) is 5. The third kappa shape index (κ3) is 5.34. The van der Waals surface area contributed by atoms with Crippen molar-refractivity contribution >= 4 is 11.7 Å². The second-order valence-electron chi connectivity index (χ2n) is 9.25. The molecular formula is C23H39N5O. The standard InChI is InChI=1S/C23H39N5O/c1-6-20-15-26(5)16-21(7-2)28(20)23-24-12-18(13-25-23)14-27-10-8-19(9-11-27)22(29)17(3)4/h12-13,17,19-21H,6-11,14-16H2,1-5H3. The fourth-order valence-electron chi connectivity index (χ4n) is 4.91. The highest BCUT2D eigenvalue weighted by atomic mass is 16.1. The molecular weight excluding hydrogens is 362 g/mol. The van der Waals surface area contributed by atoms with Crippen LogP contribution in [0.25, 0.3) is 0 Å². The first-order valence-corrected chi connectivity index (χ1v) is 11.5. The Morgan fingerprint density at radius 3 is 2.10 bits per heavy atom. The molecule has 0 bridgehead atoms. The zero-order valence-electron chi connectivity index (χ0n) is 19.0. The Hall–Kier alpha value is -1.53. The van der Waals surface area contributed by atoms with Gasteiger partial charge in [-0.2, -0.15) is 0 Å². The number of piperazine rings is 1. The number of ketones is 1. The van der Waals surface area contributed by atoms with Crippen molar-refractivity contribution in [3.05, 3.63) is 18.0 Å². The van der Waals surface area contributed by atoms with Crippen molar-refractivity contribution in [2.24, 2.45) is 11.8 Å². The summed E-state index contributed by atoms with van der Waals surface area (Å²) in [5, 5.41) is 0. The summed E-state index contributed by atoms with van der Waals surface area (Å²) < 4.78 is 0. The van der Waals surface area contributed by atoms with Crippen LogP contribution in [0.5, 0.6) is 0 Å². The normalized spacial score (nSPS) is 25.0. The van der Waals surface area contributed by atoms with Gasteiger partial charge >= 0.3 is 0 Å². The van der Waals surface area contributed by atoms with Gasteiger partial charge in [-0.3, -0.25) is 9.69 Å². The van der Waals surface area contributed by atoms with Gasteiger partial charge in [0.15, 0.2) is 0 Å². The van der Waals surface area contributed by atoms with E-state index in [0.29, 0.717) is 17.9 Å². The van der Waals surface area contributed by atoms with Gasteiger partial charge in [-0.05, 0) is 45.8 Å². The van der Waals surface area contributed by atoms with Crippen LogP contribution in [0.1, 0.15) is 58.9 Å². The summed E-state index contributed by atoms with van der Waals surface area (Å²) in [5.41, 5.74) is 1.16. The first-order chi connectivity index (χ1) is 13.9. The van der Waals surface area contributed by atoms with E-state index in [2.05, 4.69) is 35.6 Å². The second-order valence-corrected chi connectivity index (χ2v) is 9.25. The van der Waals surface area contributed by atoms with Gasteiger partial charge < -0.3 is 9.80 Å². The number of aromatic nitrogens is 2. The molecule has 2 aliphatic rings. The molecule has 2 fully saturated rings. The van der Waals surface area contributed by atoms with Gasteiger partial charge in [0.05, 0.1) is 0 Å². The maximum atomic E-state index is 12.2. The van der Waals surface area contributed by atoms with E-state index >= 15 is 0 Å². The lowest BCUT2D eigenvalue weighted by molar-refractivity contribution is -0.127. The van der Waals surface area contributed by atoms with E-state index in [4.69, 9.17) is 9.97 Å². The zero-order valence-corrected chi connectivity index (χ0v) is 19.0. The predicted octanol–water partition coefficient (Wildman–Crippen LogP) is 3.22. The molecule has 29 heavy (non-hydrogen) atoms. The van der Waals surface area contributed by atoms with E-state index in [1.807, 2.05) is 26.2 Å². The van der Waals surface area contributed by atoms with Crippen LogP contribution >= 0.6 is 0 Å². The molecule has 2 atom stereocenters. The molecule has 1 aromatic heterocycles. The Labute approximate surface area is 176 Å². The Kier molecular flexibility index (Phi) is 7.63. The highest BCUT2D eigenvalue weighted by Gasteiger charge is 2.33. The third-order valence-electron chi connectivity index (χ3n) is 6.66. The summed E-state index contributed by atoms with van der Waals surface area (Å²) in [6.07, 6.45) is 8.18. The van der Waals surface area contributed by atoms with Gasteiger partial charge in [0.1, 0.15) is 5.78 Å². The Bertz CT molecular complexity index is 640. The minimum absolute atomic E-state index is 0.154. The summed E-state index contributed by atoms with van der Waals surface area (Å²) in [6, 6.07) is 0.948. The predicted molar refractivity (Wildman–Crippen MR) is 118 cm³/mol. The topological polar surface area (TPSA) is 52.6 Å². The molecule has 0 aromatic carbocycles. The van der Waals surface area contributed by atoms with E-state index < -0.39 is 0 Å². The largest absolute Gasteiger partial charge is 0.332 e. The van der Waals surface area contributed by atoms with Gasteiger partial charge in [-0.25, -0.2) is 9.97 Å². The highest BCUT2D eigenvalue weighted by Crippen LogP contribution is 2.25. The molecule has 162 valence electrons. The minimum atomic E-state index is 0.154. The van der Waals surface area contributed by atoms with Crippen molar-refractivity contribution in [3.8, 4) is 0 Å². The molecule has 0 aliphatic carbocycles. The summed E-state index contributed by atoms with van der Waals surface area (Å²) in [5.74, 6) is 1.71. The maximum absolute atomic E-state index is 12.2. The molecule has 1 aromatic rings. The molecule has 0 radical (unpaired) electrons.